The number of methoxy groups -OCH3 is 1. The fourth-order valence-electron chi connectivity index (χ4n) is 5.28. The summed E-state index contributed by atoms with van der Waals surface area (Å²) in [5.74, 6) is -1.58. The monoisotopic (exact) mass is 535 g/mol. The van der Waals surface area contributed by atoms with Gasteiger partial charge in [0, 0.05) is 37.6 Å². The van der Waals surface area contributed by atoms with Crippen molar-refractivity contribution in [2.45, 2.75) is 49.8 Å². The first-order chi connectivity index (χ1) is 18.8. The maximum absolute atomic E-state index is 13.5. The first-order valence-corrected chi connectivity index (χ1v) is 13.2. The molecule has 1 aromatic carbocycles. The Bertz CT molecular complexity index is 1270. The molecule has 1 aliphatic carbocycles. The van der Waals surface area contributed by atoms with Crippen LogP contribution in [0.2, 0.25) is 0 Å². The third kappa shape index (κ3) is 5.52. The van der Waals surface area contributed by atoms with Crippen molar-refractivity contribution in [3.05, 3.63) is 48.6 Å². The van der Waals surface area contributed by atoms with Crippen LogP contribution in [0.15, 0.2) is 48.6 Å². The number of carbonyl (C=O) groups excluding carboxylic acids is 2. The highest BCUT2D eigenvalue weighted by Crippen LogP contribution is 2.45. The van der Waals surface area contributed by atoms with Crippen LogP contribution < -0.4 is 14.8 Å². The van der Waals surface area contributed by atoms with Gasteiger partial charge >= 0.3 is 18.0 Å². The average molecular weight is 536 g/mol. The molecule has 11 heteroatoms. The van der Waals surface area contributed by atoms with E-state index in [1.54, 1.807) is 18.0 Å². The minimum absolute atomic E-state index is 0.132. The molecule has 2 aliphatic heterocycles. The summed E-state index contributed by atoms with van der Waals surface area (Å²) in [6.45, 7) is 0.701. The van der Waals surface area contributed by atoms with Crippen LogP contribution in [0.3, 0.4) is 0 Å². The van der Waals surface area contributed by atoms with Crippen molar-refractivity contribution in [1.82, 2.24) is 25.1 Å². The van der Waals surface area contributed by atoms with Gasteiger partial charge in [0.1, 0.15) is 17.7 Å². The molecule has 5 rings (SSSR count). The number of hydrogen-bond donors (Lipinski definition) is 2. The van der Waals surface area contributed by atoms with E-state index in [1.165, 1.54) is 12.0 Å². The lowest BCUT2D eigenvalue weighted by Gasteiger charge is -2.29. The Morgan fingerprint density at radius 1 is 1.18 bits per heavy atom. The number of nitrogens with one attached hydrogen (secondary N) is 1. The molecule has 2 aromatic rings. The van der Waals surface area contributed by atoms with Crippen LogP contribution in [0.1, 0.15) is 32.1 Å². The molecular weight excluding hydrogens is 502 g/mol. The molecule has 206 valence electrons. The number of carboxylic acids is 1. The van der Waals surface area contributed by atoms with Crippen molar-refractivity contribution in [3.63, 3.8) is 0 Å². The van der Waals surface area contributed by atoms with E-state index in [0.717, 1.165) is 24.8 Å². The number of allylic oxidation sites excluding steroid dienone is 1. The Hall–Kier alpha value is -4.15. The summed E-state index contributed by atoms with van der Waals surface area (Å²) < 4.78 is 11.5. The summed E-state index contributed by atoms with van der Waals surface area (Å²) in [4.78, 5) is 50.9. The number of urea groups is 1. The molecule has 0 bridgehead atoms. The highest BCUT2D eigenvalue weighted by Gasteiger charge is 2.61. The minimum Gasteiger partial charge on any atom is -0.479 e. The predicted octanol–water partition coefficient (Wildman–Crippen LogP) is 2.73. The summed E-state index contributed by atoms with van der Waals surface area (Å²) >= 11 is 0. The zero-order valence-electron chi connectivity index (χ0n) is 22.1. The second-order valence-electron chi connectivity index (χ2n) is 10.3. The van der Waals surface area contributed by atoms with Gasteiger partial charge in [0.05, 0.1) is 19.3 Å². The molecule has 4 atom stereocenters. The van der Waals surface area contributed by atoms with Crippen LogP contribution in [-0.2, 0) is 9.59 Å². The van der Waals surface area contributed by atoms with Crippen molar-refractivity contribution >= 4 is 17.9 Å². The Morgan fingerprint density at radius 3 is 2.72 bits per heavy atom. The lowest BCUT2D eigenvalue weighted by Crippen LogP contribution is -2.54. The number of carboxylic acid groups (broad SMARTS) is 1. The van der Waals surface area contributed by atoms with Crippen molar-refractivity contribution in [2.24, 2.45) is 5.92 Å². The molecule has 39 heavy (non-hydrogen) atoms. The molecule has 2 N–H and O–H groups in total. The summed E-state index contributed by atoms with van der Waals surface area (Å²) in [7, 11) is 3.18. The summed E-state index contributed by atoms with van der Waals surface area (Å²) in [5, 5.41) is 12.7. The van der Waals surface area contributed by atoms with Crippen LogP contribution >= 0.6 is 0 Å². The Balaban J connectivity index is 1.40. The first-order valence-electron chi connectivity index (χ1n) is 13.2. The highest BCUT2D eigenvalue weighted by atomic mass is 16.5. The van der Waals surface area contributed by atoms with Gasteiger partial charge in [0.2, 0.25) is 11.8 Å². The number of carbonyl (C=O) groups is 3. The molecule has 1 saturated carbocycles. The number of benzene rings is 1. The van der Waals surface area contributed by atoms with Gasteiger partial charge in [-0.05, 0) is 25.7 Å². The van der Waals surface area contributed by atoms with E-state index in [0.29, 0.717) is 18.7 Å². The Kier molecular flexibility index (Phi) is 7.40. The largest absolute Gasteiger partial charge is 0.479 e. The number of aliphatic carboxylic acids is 1. The van der Waals surface area contributed by atoms with Gasteiger partial charge in [0.15, 0.2) is 0 Å². The molecule has 3 amide bonds. The summed E-state index contributed by atoms with van der Waals surface area (Å²) in [6, 6.07) is 10.2. The fraction of sp³-hybridized carbons (Fsp3) is 0.464. The van der Waals surface area contributed by atoms with Gasteiger partial charge < -0.3 is 29.7 Å². The molecular formula is C28H33N5O6. The third-order valence-electron chi connectivity index (χ3n) is 7.58. The molecule has 0 spiro atoms. The summed E-state index contributed by atoms with van der Waals surface area (Å²) in [6.07, 6.45) is 6.30. The number of hydrogen-bond acceptors (Lipinski definition) is 7. The topological polar surface area (TPSA) is 134 Å². The normalized spacial score (nSPS) is 27.2. The zero-order chi connectivity index (χ0) is 27.6. The van der Waals surface area contributed by atoms with E-state index in [4.69, 9.17) is 9.47 Å². The maximum Gasteiger partial charge on any atom is 0.330 e. The molecule has 0 radical (unpaired) electrons. The van der Waals surface area contributed by atoms with Crippen LogP contribution in [-0.4, -0.2) is 87.7 Å². The van der Waals surface area contributed by atoms with Crippen LogP contribution in [0.25, 0.3) is 11.3 Å². The predicted molar refractivity (Wildman–Crippen MR) is 141 cm³/mol. The van der Waals surface area contributed by atoms with E-state index < -0.39 is 29.6 Å². The second kappa shape index (κ2) is 10.9. The fourth-order valence-corrected chi connectivity index (χ4v) is 5.28. The molecule has 11 nitrogen and oxygen atoms in total. The van der Waals surface area contributed by atoms with Crippen molar-refractivity contribution < 1.29 is 29.0 Å². The minimum atomic E-state index is -1.35. The smallest absolute Gasteiger partial charge is 0.330 e. The van der Waals surface area contributed by atoms with E-state index in [9.17, 15) is 19.5 Å². The van der Waals surface area contributed by atoms with E-state index in [1.807, 2.05) is 42.5 Å². The Labute approximate surface area is 226 Å². The first kappa shape index (κ1) is 26.5. The number of nitrogens with zero attached hydrogens (tertiary/aromatic N) is 4. The number of aromatic nitrogens is 2. The van der Waals surface area contributed by atoms with Gasteiger partial charge in [-0.25, -0.2) is 9.59 Å². The molecule has 2 fully saturated rings. The van der Waals surface area contributed by atoms with Crippen molar-refractivity contribution in [1.29, 1.82) is 0 Å². The standard InChI is InChI=1S/C28H33N5O6/c1-32-13-9-4-3-8-12-19-16-28(19,25(35)36)31-24(34)22-14-20(17-33(22)27(32)37)39-23-15-21(29-26(30-23)38-2)18-10-6-5-7-11-18/h5-8,10-12,15,19-20,22H,3-4,9,13-14,16-17H2,1-2H3,(H,31,34)(H,35,36)/t19-,20-,22+,28-/m1/s1. The van der Waals surface area contributed by atoms with E-state index >= 15 is 0 Å². The van der Waals surface area contributed by atoms with E-state index in [2.05, 4.69) is 15.3 Å². The number of ether oxygens (including phenoxy) is 2. The average Bonchev–Trinajstić information content (AvgIpc) is 3.48. The third-order valence-corrected chi connectivity index (χ3v) is 7.58. The maximum atomic E-state index is 13.5. The molecule has 3 heterocycles. The second-order valence-corrected chi connectivity index (χ2v) is 10.3. The number of amides is 3. The van der Waals surface area contributed by atoms with Crippen molar-refractivity contribution in [2.75, 3.05) is 27.2 Å². The van der Waals surface area contributed by atoms with Crippen LogP contribution in [0.5, 0.6) is 11.9 Å². The molecule has 3 aliphatic rings. The molecule has 1 aromatic heterocycles. The van der Waals surface area contributed by atoms with Gasteiger partial charge in [-0.2, -0.15) is 9.97 Å². The van der Waals surface area contributed by atoms with Gasteiger partial charge in [-0.1, -0.05) is 42.5 Å². The SMILES string of the molecule is COc1nc(O[C@@H]2C[C@H]3C(=O)N[C@]4(C(=O)O)C[C@H]4C=CCCCCN(C)C(=O)N3C2)cc(-c2ccccc2)n1. The highest BCUT2D eigenvalue weighted by molar-refractivity contribution is 5.94. The Morgan fingerprint density at radius 2 is 1.97 bits per heavy atom. The van der Waals surface area contributed by atoms with Crippen LogP contribution in [0.4, 0.5) is 4.79 Å². The lowest BCUT2D eigenvalue weighted by atomic mass is 10.1. The van der Waals surface area contributed by atoms with Crippen molar-refractivity contribution in [3.8, 4) is 23.1 Å². The quantitative estimate of drug-likeness (QED) is 0.559. The zero-order valence-corrected chi connectivity index (χ0v) is 22.1. The van der Waals surface area contributed by atoms with Gasteiger partial charge in [-0.15, -0.1) is 0 Å². The van der Waals surface area contributed by atoms with E-state index in [-0.39, 0.29) is 36.8 Å². The lowest BCUT2D eigenvalue weighted by molar-refractivity contribution is -0.144. The van der Waals surface area contributed by atoms with Gasteiger partial charge in [0.25, 0.3) is 0 Å². The summed E-state index contributed by atoms with van der Waals surface area (Å²) in [5.41, 5.74) is 0.121. The molecule has 0 unspecified atom stereocenters. The number of rotatable bonds is 5. The number of fused-ring (bicyclic) bond motifs is 2. The van der Waals surface area contributed by atoms with Crippen LogP contribution in [0, 0.1) is 5.92 Å². The van der Waals surface area contributed by atoms with Gasteiger partial charge in [-0.3, -0.25) is 4.79 Å². The molecule has 1 saturated heterocycles.